The van der Waals surface area contributed by atoms with Crippen LogP contribution in [0.1, 0.15) is 37.4 Å². The molecule has 9 heterocycles. The molecule has 0 aliphatic rings. The molecule has 1 amide bonds. The second-order valence-corrected chi connectivity index (χ2v) is 38.0. The van der Waals surface area contributed by atoms with Gasteiger partial charge in [0.05, 0.1) is 106 Å². The van der Waals surface area contributed by atoms with Crippen molar-refractivity contribution in [2.75, 3.05) is 67.9 Å². The molecule has 28 nitrogen and oxygen atoms in total. The summed E-state index contributed by atoms with van der Waals surface area (Å²) in [6.07, 6.45) is 13.2. The van der Waals surface area contributed by atoms with Gasteiger partial charge >= 0.3 is 24.0 Å². The molecule has 0 radical (unpaired) electrons. The fourth-order valence-corrected chi connectivity index (χ4v) is 10.3. The number of furan rings is 3. The minimum absolute atomic E-state index is 0.0178. The average Bonchev–Trinajstić information content (AvgIpc) is 1.84. The lowest BCUT2D eigenvalue weighted by Gasteiger charge is -2.16. The Morgan fingerprint density at radius 1 is 0.473 bits per heavy atom. The SMILES string of the molecule is COC(=O)c1ccc(C)o1.COC(=O)c1ccc(Oc2cncc([Si](C)(C)C)c2)o1.COc1nc(OC)c(N)c(OC)n1.COc1nc(OC)c(NC(=O)c2ccc(Oc3cncc([Si](C)(C)C)c3)o2)c(OC)n1.C[Si](C)(C)c1cncc(O)c1.Oc1cncc(Br)c1. The van der Waals surface area contributed by atoms with Crippen LogP contribution in [0.2, 0.25) is 58.9 Å². The molecule has 0 atom stereocenters. The van der Waals surface area contributed by atoms with Crippen molar-refractivity contribution < 1.29 is 85.2 Å². The maximum Gasteiger partial charge on any atom is 0.374 e. The van der Waals surface area contributed by atoms with Crippen LogP contribution < -0.4 is 64.5 Å². The molecule has 0 fully saturated rings. The molecule has 0 saturated heterocycles. The Kier molecular flexibility index (Phi) is 28.8. The van der Waals surface area contributed by atoms with Gasteiger partial charge in [0.1, 0.15) is 28.8 Å². The molecular formula is C61H77BrN10O18Si3. The van der Waals surface area contributed by atoms with E-state index in [0.717, 1.165) is 9.66 Å². The van der Waals surface area contributed by atoms with E-state index < -0.39 is 42.1 Å². The van der Waals surface area contributed by atoms with Crippen molar-refractivity contribution in [3.05, 3.63) is 138 Å². The molecule has 0 aliphatic heterocycles. The van der Waals surface area contributed by atoms with Crippen LogP contribution in [-0.2, 0) is 9.47 Å². The molecular weight excluding hydrogens is 1320 g/mol. The van der Waals surface area contributed by atoms with Crippen molar-refractivity contribution in [1.29, 1.82) is 0 Å². The van der Waals surface area contributed by atoms with Gasteiger partial charge in [0.2, 0.25) is 35.0 Å². The zero-order chi connectivity index (χ0) is 69.2. The summed E-state index contributed by atoms with van der Waals surface area (Å²) in [5.41, 5.74) is 5.99. The zero-order valence-corrected chi connectivity index (χ0v) is 59.4. The summed E-state index contributed by atoms with van der Waals surface area (Å²) in [6.45, 7) is 21.8. The number of carbonyl (C=O) groups excluding carboxylic acids is 3. The molecule has 0 bridgehead atoms. The molecule has 0 aliphatic carbocycles. The minimum Gasteiger partial charge on any atom is -0.506 e. The third-order valence-corrected chi connectivity index (χ3v) is 18.3. The van der Waals surface area contributed by atoms with Crippen molar-refractivity contribution >= 4 is 84.9 Å². The third kappa shape index (κ3) is 24.3. The van der Waals surface area contributed by atoms with Gasteiger partial charge in [0, 0.05) is 41.4 Å². The van der Waals surface area contributed by atoms with Gasteiger partial charge in [0.25, 0.3) is 17.8 Å². The Morgan fingerprint density at radius 2 is 0.849 bits per heavy atom. The summed E-state index contributed by atoms with van der Waals surface area (Å²) in [4.78, 5) is 66.5. The molecule has 32 heteroatoms. The largest absolute Gasteiger partial charge is 0.506 e. The smallest absolute Gasteiger partial charge is 0.374 e. The lowest BCUT2D eigenvalue weighted by atomic mass is 10.4. The number of aryl methyl sites for hydroxylation is 1. The number of carbonyl (C=O) groups is 3. The number of amides is 1. The van der Waals surface area contributed by atoms with Crippen LogP contribution in [0, 0.1) is 6.92 Å². The molecule has 9 aromatic heterocycles. The molecule has 5 N–H and O–H groups in total. The van der Waals surface area contributed by atoms with Crippen LogP contribution in [0.25, 0.3) is 0 Å². The third-order valence-electron chi connectivity index (χ3n) is 11.8. The van der Waals surface area contributed by atoms with Gasteiger partial charge in [-0.05, 0) is 86.9 Å². The van der Waals surface area contributed by atoms with Crippen molar-refractivity contribution in [2.45, 2.75) is 65.8 Å². The summed E-state index contributed by atoms with van der Waals surface area (Å²) < 4.78 is 66.9. The van der Waals surface area contributed by atoms with E-state index in [-0.39, 0.29) is 87.6 Å². The van der Waals surface area contributed by atoms with E-state index in [4.69, 9.17) is 67.1 Å². The summed E-state index contributed by atoms with van der Waals surface area (Å²) >= 11 is 3.14. The van der Waals surface area contributed by atoms with Gasteiger partial charge in [-0.25, -0.2) is 9.59 Å². The van der Waals surface area contributed by atoms with Gasteiger partial charge in [-0.3, -0.25) is 24.7 Å². The highest BCUT2D eigenvalue weighted by Gasteiger charge is 2.24. The molecule has 0 unspecified atom stereocenters. The van der Waals surface area contributed by atoms with Crippen LogP contribution in [-0.4, -0.2) is 149 Å². The first-order valence-corrected chi connectivity index (χ1v) is 39.0. The Morgan fingerprint density at radius 3 is 1.20 bits per heavy atom. The number of halogens is 1. The Bertz CT molecular complexity index is 3800. The lowest BCUT2D eigenvalue weighted by molar-refractivity contribution is 0.0554. The minimum atomic E-state index is -1.54. The Labute approximate surface area is 549 Å². The number of hydrogen-bond donors (Lipinski definition) is 4. The maximum absolute atomic E-state index is 12.7. The molecule has 0 aromatic carbocycles. The Balaban J connectivity index is 0.000000256. The number of nitrogens with zero attached hydrogens (tertiary/aromatic N) is 8. The van der Waals surface area contributed by atoms with Crippen molar-refractivity contribution in [3.63, 3.8) is 0 Å². The van der Waals surface area contributed by atoms with Gasteiger partial charge in [-0.1, -0.05) is 58.9 Å². The number of anilines is 2. The van der Waals surface area contributed by atoms with E-state index in [9.17, 15) is 14.4 Å². The van der Waals surface area contributed by atoms with Gasteiger partial charge in [-0.15, -0.1) is 0 Å². The van der Waals surface area contributed by atoms with Crippen LogP contribution in [0.15, 0.2) is 128 Å². The molecule has 0 spiro atoms. The van der Waals surface area contributed by atoms with Crippen molar-refractivity contribution in [1.82, 2.24) is 39.9 Å². The molecule has 9 rings (SSSR count). The van der Waals surface area contributed by atoms with Crippen molar-refractivity contribution in [2.24, 2.45) is 0 Å². The lowest BCUT2D eigenvalue weighted by Crippen LogP contribution is -2.37. The fourth-order valence-electron chi connectivity index (χ4n) is 6.85. The number of aromatic nitrogens is 8. The number of esters is 2. The molecule has 9 aromatic rings. The second kappa shape index (κ2) is 35.5. The summed E-state index contributed by atoms with van der Waals surface area (Å²) in [5, 5.41) is 24.0. The standard InChI is InChI=1S/C20H24N4O6Si.C14H17NO4Si.C8H13NOSi.C7H11N3O3.C7H8O3.C5H4BrNO/c1-26-18-16(19(27-2)24-20(23-18)28-3)22-17(25)14-7-8-15(30-14)29-12-9-13(11-21-10-12)31(4,5)6;1-17-14(16)12-5-6-13(19-12)18-10-7-11(9-15-8-10)20(2,3)4;1-11(2,3)8-4-7(10)5-9-6-8;1-11-5-4(8)6(12-2)10-7(9-5)13-3;1-5-3-4-6(10-5)7(8)9-2;6-4-1-5(8)3-7-2-4/h7-11H,1-6H3,(H,22,25);5-9H,1-4H3;4-6,10H,1-3H3;8H2,1-3H3;3-4H,1-2H3;1-3,8H. The van der Waals surface area contributed by atoms with Gasteiger partial charge < -0.3 is 81.9 Å². The van der Waals surface area contributed by atoms with Crippen LogP contribution in [0.5, 0.6) is 70.4 Å². The van der Waals surface area contributed by atoms with Crippen LogP contribution in [0.3, 0.4) is 0 Å². The molecule has 93 heavy (non-hydrogen) atoms. The first-order valence-electron chi connectivity index (χ1n) is 27.7. The predicted molar refractivity (Wildman–Crippen MR) is 356 cm³/mol. The topological polar surface area (TPSA) is 365 Å². The number of pyridine rings is 4. The zero-order valence-electron chi connectivity index (χ0n) is 54.9. The van der Waals surface area contributed by atoms with E-state index in [1.807, 2.05) is 30.7 Å². The first kappa shape index (κ1) is 75.4. The summed E-state index contributed by atoms with van der Waals surface area (Å²) in [7, 11) is 6.91. The van der Waals surface area contributed by atoms with Crippen molar-refractivity contribution in [3.8, 4) is 70.4 Å². The van der Waals surface area contributed by atoms with E-state index in [2.05, 4.69) is 130 Å². The van der Waals surface area contributed by atoms with Crippen LogP contribution in [0.4, 0.5) is 11.4 Å². The number of rotatable bonds is 17. The Hall–Kier alpha value is -10.1. The number of nitrogen functional groups attached to an aromatic ring is 1. The number of methoxy groups -OCH3 is 8. The highest BCUT2D eigenvalue weighted by molar-refractivity contribution is 9.10. The molecule has 0 saturated carbocycles. The second-order valence-electron chi connectivity index (χ2n) is 21.9. The summed E-state index contributed by atoms with van der Waals surface area (Å²) in [6, 6.07) is 16.9. The normalized spacial score (nSPS) is 10.6. The van der Waals surface area contributed by atoms with Gasteiger partial charge in [0.15, 0.2) is 17.1 Å². The van der Waals surface area contributed by atoms with E-state index in [0.29, 0.717) is 17.3 Å². The number of hydrogen-bond acceptors (Lipinski definition) is 27. The van der Waals surface area contributed by atoms with E-state index in [1.165, 1.54) is 91.8 Å². The summed E-state index contributed by atoms with van der Waals surface area (Å²) in [5.74, 6) is 2.16. The number of ether oxygens (including phenoxy) is 10. The quantitative estimate of drug-likeness (QED) is 0.0486. The van der Waals surface area contributed by atoms with Crippen LogP contribution >= 0.6 is 15.9 Å². The van der Waals surface area contributed by atoms with E-state index >= 15 is 0 Å². The highest BCUT2D eigenvalue weighted by Crippen LogP contribution is 2.34. The highest BCUT2D eigenvalue weighted by atomic mass is 79.9. The first-order chi connectivity index (χ1) is 43.9. The average molecular weight is 1400 g/mol. The maximum atomic E-state index is 12.7. The fraction of sp³-hybridized carbons (Fsp3) is 0.295. The number of aromatic hydroxyl groups is 2. The number of nitrogens with two attached hydrogens (primary N) is 1. The van der Waals surface area contributed by atoms with Gasteiger partial charge in [-0.2, -0.15) is 19.9 Å². The predicted octanol–water partition coefficient (Wildman–Crippen LogP) is 10.2. The van der Waals surface area contributed by atoms with E-state index in [1.54, 1.807) is 61.9 Å². The molecule has 498 valence electrons. The number of nitrogens with one attached hydrogen (secondary N) is 1. The monoisotopic (exact) mass is 1400 g/mol.